The minimum atomic E-state index is -0.853. The quantitative estimate of drug-likeness (QED) is 0.425. The number of benzene rings is 3. The molecule has 5 rings (SSSR count). The molecule has 2 aliphatic rings. The van der Waals surface area contributed by atoms with Crippen LogP contribution in [-0.4, -0.2) is 89.2 Å². The molecular weight excluding hydrogens is 568 g/mol. The molecule has 226 valence electrons. The first-order valence-corrected chi connectivity index (χ1v) is 14.6. The molecule has 2 saturated heterocycles. The van der Waals surface area contributed by atoms with Crippen LogP contribution >= 0.6 is 11.6 Å². The van der Waals surface area contributed by atoms with Crippen LogP contribution in [0.25, 0.3) is 0 Å². The number of piperazine rings is 1. The molecule has 0 bridgehead atoms. The summed E-state index contributed by atoms with van der Waals surface area (Å²) in [6.07, 6.45) is -0.510. The van der Waals surface area contributed by atoms with E-state index >= 15 is 0 Å². The summed E-state index contributed by atoms with van der Waals surface area (Å²) in [5.74, 6) is -0.340. The summed E-state index contributed by atoms with van der Waals surface area (Å²) in [4.78, 5) is 46.8. The summed E-state index contributed by atoms with van der Waals surface area (Å²) in [5.41, 5.74) is 3.39. The number of fused-ring (bicyclic) bond motifs is 1. The molecule has 11 heteroatoms. The van der Waals surface area contributed by atoms with Crippen LogP contribution in [0.5, 0.6) is 5.75 Å². The van der Waals surface area contributed by atoms with Crippen molar-refractivity contribution in [2.75, 3.05) is 39.1 Å². The highest BCUT2D eigenvalue weighted by Crippen LogP contribution is 2.33. The number of carbonyl (C=O) groups is 3. The lowest BCUT2D eigenvalue weighted by atomic mass is 9.98. The molecule has 2 N–H and O–H groups in total. The summed E-state index contributed by atoms with van der Waals surface area (Å²) in [5, 5.41) is 16.6. The first kappa shape index (κ1) is 30.2. The number of para-hydroxylation sites is 1. The number of halogens is 1. The number of hydrogen-bond acceptors (Lipinski definition) is 6. The van der Waals surface area contributed by atoms with Crippen LogP contribution < -0.4 is 10.2 Å². The number of hydrazine groups is 1. The predicted molar refractivity (Wildman–Crippen MR) is 165 cm³/mol. The van der Waals surface area contributed by atoms with Gasteiger partial charge in [0.15, 0.2) is 0 Å². The molecule has 0 spiro atoms. The number of nitrogens with one attached hydrogen (secondary N) is 1. The molecule has 3 aromatic carbocycles. The molecule has 3 aromatic rings. The number of urea groups is 1. The Kier molecular flexibility index (Phi) is 8.79. The maximum Gasteiger partial charge on any atom is 0.334 e. The zero-order valence-corrected chi connectivity index (χ0v) is 25.5. The highest BCUT2D eigenvalue weighted by molar-refractivity contribution is 6.33. The number of phenolic OH excluding ortho intramolecular Hbond substituents is 1. The summed E-state index contributed by atoms with van der Waals surface area (Å²) < 4.78 is 0. The van der Waals surface area contributed by atoms with Crippen molar-refractivity contribution in [3.8, 4) is 5.75 Å². The van der Waals surface area contributed by atoms with Crippen molar-refractivity contribution >= 4 is 35.1 Å². The third-order valence-corrected chi connectivity index (χ3v) is 8.34. The number of hydrogen-bond donors (Lipinski definition) is 2. The summed E-state index contributed by atoms with van der Waals surface area (Å²) >= 11 is 6.55. The molecule has 43 heavy (non-hydrogen) atoms. The lowest BCUT2D eigenvalue weighted by Gasteiger charge is -2.54. The van der Waals surface area contributed by atoms with Gasteiger partial charge in [-0.05, 0) is 41.8 Å². The number of amides is 4. The fourth-order valence-corrected chi connectivity index (χ4v) is 6.34. The molecule has 3 atom stereocenters. The monoisotopic (exact) mass is 604 g/mol. The topological polar surface area (TPSA) is 99.7 Å². The predicted octanol–water partition coefficient (Wildman–Crippen LogP) is 3.85. The Morgan fingerprint density at radius 3 is 2.42 bits per heavy atom. The second-order valence-electron chi connectivity index (χ2n) is 11.3. The third kappa shape index (κ3) is 6.25. The van der Waals surface area contributed by atoms with Crippen molar-refractivity contribution in [3.63, 3.8) is 0 Å². The molecule has 4 amide bonds. The fraction of sp³-hybridized carbons (Fsp3) is 0.344. The van der Waals surface area contributed by atoms with Gasteiger partial charge in [0, 0.05) is 34.1 Å². The lowest BCUT2D eigenvalue weighted by Crippen LogP contribution is -2.76. The minimum absolute atomic E-state index is 0.0535. The number of nitrogens with zero attached hydrogens (tertiary/aromatic N) is 5. The Hall–Kier alpha value is -4.28. The van der Waals surface area contributed by atoms with E-state index in [0.717, 1.165) is 22.4 Å². The molecule has 0 aliphatic carbocycles. The molecule has 2 aliphatic heterocycles. The Morgan fingerprint density at radius 2 is 1.74 bits per heavy atom. The van der Waals surface area contributed by atoms with Crippen molar-refractivity contribution in [1.29, 1.82) is 0 Å². The largest absolute Gasteiger partial charge is 0.508 e. The van der Waals surface area contributed by atoms with E-state index in [1.165, 1.54) is 0 Å². The summed E-state index contributed by atoms with van der Waals surface area (Å²) in [6, 6.07) is 20.3. The standard InChI is InChI=1S/C32H37ClN6O4/c1-21(23-9-6-5-7-10-23)34-32(43)39-28-19-37(18-24-11-8-12-26(33)30(24)35(2)3)31(42)27(38(28)29(41)20-36(39)4)17-22-13-15-25(40)16-14-22/h5-16,21,27-28,40H,17-20H2,1-4H3,(H,34,43)/t21-,27+,28?/m1/s1. The molecular formula is C32H37ClN6O4. The second kappa shape index (κ2) is 12.5. The average Bonchev–Trinajstić information content (AvgIpc) is 2.96. The van der Waals surface area contributed by atoms with Gasteiger partial charge < -0.3 is 25.1 Å². The maximum absolute atomic E-state index is 14.2. The number of anilines is 1. The van der Waals surface area contributed by atoms with Crippen LogP contribution in [0.2, 0.25) is 5.02 Å². The molecule has 0 saturated carbocycles. The first-order valence-electron chi connectivity index (χ1n) is 14.2. The summed E-state index contributed by atoms with van der Waals surface area (Å²) in [7, 11) is 5.50. The van der Waals surface area contributed by atoms with Crippen LogP contribution in [0, 0.1) is 0 Å². The molecule has 10 nitrogen and oxygen atoms in total. The highest BCUT2D eigenvalue weighted by atomic mass is 35.5. The molecule has 2 fully saturated rings. The van der Waals surface area contributed by atoms with Crippen molar-refractivity contribution in [2.24, 2.45) is 0 Å². The van der Waals surface area contributed by atoms with Gasteiger partial charge in [-0.3, -0.25) is 9.59 Å². The number of aromatic hydroxyl groups is 1. The molecule has 1 unspecified atom stereocenters. The van der Waals surface area contributed by atoms with Crippen molar-refractivity contribution in [1.82, 2.24) is 25.1 Å². The number of phenols is 1. The van der Waals surface area contributed by atoms with E-state index in [0.29, 0.717) is 5.02 Å². The number of carbonyl (C=O) groups excluding carboxylic acids is 3. The number of rotatable bonds is 7. The molecule has 2 heterocycles. The SMILES string of the molecule is C[C@@H](NC(=O)N1C2CN(Cc3cccc(Cl)c3N(C)C)C(=O)[C@H](Cc3ccc(O)cc3)N2C(=O)CN1C)c1ccccc1. The number of likely N-dealkylation sites (N-methyl/N-ethyl adjacent to an activating group) is 1. The van der Waals surface area contributed by atoms with E-state index in [-0.39, 0.29) is 55.7 Å². The van der Waals surface area contributed by atoms with Gasteiger partial charge >= 0.3 is 6.03 Å². The van der Waals surface area contributed by atoms with E-state index in [9.17, 15) is 19.5 Å². The minimum Gasteiger partial charge on any atom is -0.508 e. The summed E-state index contributed by atoms with van der Waals surface area (Å²) in [6.45, 7) is 2.22. The van der Waals surface area contributed by atoms with Crippen LogP contribution in [0.3, 0.4) is 0 Å². The third-order valence-electron chi connectivity index (χ3n) is 8.03. The van der Waals surface area contributed by atoms with Crippen LogP contribution in [0.4, 0.5) is 10.5 Å². The van der Waals surface area contributed by atoms with Gasteiger partial charge in [0.25, 0.3) is 0 Å². The van der Waals surface area contributed by atoms with E-state index in [1.54, 1.807) is 51.1 Å². The van der Waals surface area contributed by atoms with Crippen molar-refractivity contribution in [2.45, 2.75) is 38.1 Å². The zero-order chi connectivity index (χ0) is 30.8. The van der Waals surface area contributed by atoms with Crippen LogP contribution in [0.1, 0.15) is 29.7 Å². The molecule has 0 aromatic heterocycles. The van der Waals surface area contributed by atoms with E-state index in [2.05, 4.69) is 5.32 Å². The van der Waals surface area contributed by atoms with Gasteiger partial charge in [0.1, 0.15) is 18.0 Å². The zero-order valence-electron chi connectivity index (χ0n) is 24.8. The lowest BCUT2D eigenvalue weighted by molar-refractivity contribution is -0.187. The fourth-order valence-electron chi connectivity index (χ4n) is 5.97. The van der Waals surface area contributed by atoms with Gasteiger partial charge in [-0.15, -0.1) is 0 Å². The van der Waals surface area contributed by atoms with E-state index < -0.39 is 12.2 Å². The van der Waals surface area contributed by atoms with Gasteiger partial charge in [-0.25, -0.2) is 14.8 Å². The van der Waals surface area contributed by atoms with Gasteiger partial charge in [0.2, 0.25) is 11.8 Å². The van der Waals surface area contributed by atoms with Gasteiger partial charge in [-0.1, -0.05) is 66.2 Å². The Morgan fingerprint density at radius 1 is 1.05 bits per heavy atom. The Balaban J connectivity index is 1.51. The van der Waals surface area contributed by atoms with E-state index in [1.807, 2.05) is 74.4 Å². The van der Waals surface area contributed by atoms with Crippen molar-refractivity contribution in [3.05, 3.63) is 94.5 Å². The smallest absolute Gasteiger partial charge is 0.334 e. The molecule has 0 radical (unpaired) electrons. The van der Waals surface area contributed by atoms with Gasteiger partial charge in [-0.2, -0.15) is 0 Å². The maximum atomic E-state index is 14.2. The Labute approximate surface area is 257 Å². The van der Waals surface area contributed by atoms with E-state index in [4.69, 9.17) is 11.6 Å². The first-order chi connectivity index (χ1) is 20.5. The van der Waals surface area contributed by atoms with Crippen LogP contribution in [-0.2, 0) is 22.6 Å². The highest BCUT2D eigenvalue weighted by Gasteiger charge is 2.50. The van der Waals surface area contributed by atoms with Gasteiger partial charge in [0.05, 0.1) is 29.8 Å². The average molecular weight is 605 g/mol. The second-order valence-corrected chi connectivity index (χ2v) is 11.7. The van der Waals surface area contributed by atoms with Crippen LogP contribution in [0.15, 0.2) is 72.8 Å². The normalized spacial score (nSPS) is 19.7. The Bertz CT molecular complexity index is 1480. The van der Waals surface area contributed by atoms with Crippen molar-refractivity contribution < 1.29 is 19.5 Å².